The normalized spacial score (nSPS) is 16.9. The summed E-state index contributed by atoms with van der Waals surface area (Å²) >= 11 is 0. The van der Waals surface area contributed by atoms with Crippen LogP contribution in [0.1, 0.15) is 73.6 Å². The zero-order chi connectivity index (χ0) is 14.1. The molecule has 1 saturated heterocycles. The zero-order valence-electron chi connectivity index (χ0n) is 13.5. The van der Waals surface area contributed by atoms with Crippen LogP contribution < -0.4 is 0 Å². The fraction of sp³-hybridized carbons (Fsp3) is 0.895. The Morgan fingerprint density at radius 1 is 1.10 bits per heavy atom. The van der Waals surface area contributed by atoms with E-state index in [1.807, 2.05) is 0 Å². The van der Waals surface area contributed by atoms with Crippen LogP contribution in [0.25, 0.3) is 0 Å². The zero-order valence-corrected chi connectivity index (χ0v) is 13.5. The first-order chi connectivity index (χ1) is 9.08. The van der Waals surface area contributed by atoms with E-state index in [-0.39, 0.29) is 7.43 Å². The van der Waals surface area contributed by atoms with E-state index >= 15 is 0 Å². The lowest BCUT2D eigenvalue weighted by Crippen LogP contribution is -2.34. The minimum atomic E-state index is 0. The number of rotatable bonds is 6. The van der Waals surface area contributed by atoms with Crippen LogP contribution >= 0.6 is 0 Å². The van der Waals surface area contributed by atoms with Crippen LogP contribution in [-0.4, -0.2) is 24.5 Å². The number of likely N-dealkylation sites (tertiary alicyclic amines) is 1. The highest BCUT2D eigenvalue weighted by atomic mass is 15.1. The maximum Gasteiger partial charge on any atom is 0.0217 e. The van der Waals surface area contributed by atoms with E-state index in [0.29, 0.717) is 5.92 Å². The van der Waals surface area contributed by atoms with Gasteiger partial charge in [-0.1, -0.05) is 54.4 Å². The minimum Gasteiger partial charge on any atom is -0.302 e. The SMILES string of the molecule is C.CC(C)C#CCCN1CCC(CCCC(C)C)CC1. The molecule has 0 unspecified atom stereocenters. The van der Waals surface area contributed by atoms with Gasteiger partial charge < -0.3 is 4.90 Å². The molecule has 118 valence electrons. The average Bonchev–Trinajstić information content (AvgIpc) is 2.36. The van der Waals surface area contributed by atoms with Gasteiger partial charge in [-0.2, -0.15) is 0 Å². The van der Waals surface area contributed by atoms with Crippen molar-refractivity contribution in [1.82, 2.24) is 4.90 Å². The molecule has 1 fully saturated rings. The fourth-order valence-electron chi connectivity index (χ4n) is 2.80. The standard InChI is InChI=1S/C18H33N.CH4/c1-16(2)8-5-6-13-19-14-11-18(12-15-19)10-7-9-17(3)4;/h16-18H,6-7,9-15H2,1-4H3;1H4. The Labute approximate surface area is 128 Å². The predicted molar refractivity (Wildman–Crippen MR) is 91.8 cm³/mol. The highest BCUT2D eigenvalue weighted by Gasteiger charge is 2.18. The highest BCUT2D eigenvalue weighted by molar-refractivity contribution is 5.01. The van der Waals surface area contributed by atoms with E-state index in [2.05, 4.69) is 44.4 Å². The summed E-state index contributed by atoms with van der Waals surface area (Å²) in [5.41, 5.74) is 0. The van der Waals surface area contributed by atoms with E-state index in [1.165, 1.54) is 51.7 Å². The second kappa shape index (κ2) is 11.2. The van der Waals surface area contributed by atoms with E-state index in [0.717, 1.165) is 18.3 Å². The highest BCUT2D eigenvalue weighted by Crippen LogP contribution is 2.23. The first kappa shape index (κ1) is 19.5. The van der Waals surface area contributed by atoms with Crippen molar-refractivity contribution in [3.63, 3.8) is 0 Å². The van der Waals surface area contributed by atoms with Gasteiger partial charge in [0.15, 0.2) is 0 Å². The van der Waals surface area contributed by atoms with Crippen LogP contribution in [0.4, 0.5) is 0 Å². The molecule has 1 aliphatic heterocycles. The molecule has 1 heteroatoms. The molecule has 0 aliphatic carbocycles. The molecule has 1 aliphatic rings. The molecular weight excluding hydrogens is 242 g/mol. The molecule has 20 heavy (non-hydrogen) atoms. The monoisotopic (exact) mass is 279 g/mol. The molecule has 0 aromatic rings. The maximum absolute atomic E-state index is 3.30. The third-order valence-electron chi connectivity index (χ3n) is 4.04. The van der Waals surface area contributed by atoms with Crippen LogP contribution in [0.15, 0.2) is 0 Å². The van der Waals surface area contributed by atoms with Crippen LogP contribution in [0, 0.1) is 29.6 Å². The first-order valence-corrected chi connectivity index (χ1v) is 8.28. The number of piperidine rings is 1. The predicted octanol–water partition coefficient (Wildman–Crippen LogP) is 5.21. The van der Waals surface area contributed by atoms with Gasteiger partial charge >= 0.3 is 0 Å². The van der Waals surface area contributed by atoms with E-state index in [4.69, 9.17) is 0 Å². The summed E-state index contributed by atoms with van der Waals surface area (Å²) in [4.78, 5) is 2.61. The smallest absolute Gasteiger partial charge is 0.0217 e. The van der Waals surface area contributed by atoms with Crippen molar-refractivity contribution in [2.24, 2.45) is 17.8 Å². The Morgan fingerprint density at radius 2 is 1.75 bits per heavy atom. The molecule has 0 aromatic heterocycles. The number of nitrogens with zero attached hydrogens (tertiary/aromatic N) is 1. The second-order valence-corrected chi connectivity index (χ2v) is 6.84. The van der Waals surface area contributed by atoms with Crippen LogP contribution in [0.5, 0.6) is 0 Å². The van der Waals surface area contributed by atoms with Crippen molar-refractivity contribution in [2.45, 2.75) is 73.6 Å². The van der Waals surface area contributed by atoms with Gasteiger partial charge in [0.2, 0.25) is 0 Å². The molecule has 0 amide bonds. The lowest BCUT2D eigenvalue weighted by Gasteiger charge is -2.31. The van der Waals surface area contributed by atoms with Gasteiger partial charge in [0.1, 0.15) is 0 Å². The number of hydrogen-bond donors (Lipinski definition) is 0. The van der Waals surface area contributed by atoms with Crippen molar-refractivity contribution < 1.29 is 0 Å². The van der Waals surface area contributed by atoms with Gasteiger partial charge in [-0.3, -0.25) is 0 Å². The second-order valence-electron chi connectivity index (χ2n) is 6.84. The lowest BCUT2D eigenvalue weighted by molar-refractivity contribution is 0.179. The van der Waals surface area contributed by atoms with Crippen molar-refractivity contribution in [3.05, 3.63) is 0 Å². The van der Waals surface area contributed by atoms with Gasteiger partial charge in [-0.15, -0.1) is 11.8 Å². The molecule has 0 spiro atoms. The van der Waals surface area contributed by atoms with Crippen molar-refractivity contribution in [3.8, 4) is 11.8 Å². The van der Waals surface area contributed by atoms with Crippen LogP contribution in [-0.2, 0) is 0 Å². The molecule has 0 aromatic carbocycles. The summed E-state index contributed by atoms with van der Waals surface area (Å²) < 4.78 is 0. The van der Waals surface area contributed by atoms with Crippen molar-refractivity contribution >= 4 is 0 Å². The van der Waals surface area contributed by atoms with E-state index in [9.17, 15) is 0 Å². The Bertz CT molecular complexity index is 274. The fourth-order valence-corrected chi connectivity index (χ4v) is 2.80. The molecule has 0 bridgehead atoms. The Morgan fingerprint density at radius 3 is 2.30 bits per heavy atom. The molecule has 0 radical (unpaired) electrons. The molecular formula is C19H37N. The Kier molecular flexibility index (Phi) is 10.9. The van der Waals surface area contributed by atoms with E-state index < -0.39 is 0 Å². The van der Waals surface area contributed by atoms with Crippen molar-refractivity contribution in [1.29, 1.82) is 0 Å². The third-order valence-corrected chi connectivity index (χ3v) is 4.04. The van der Waals surface area contributed by atoms with Crippen LogP contribution in [0.2, 0.25) is 0 Å². The maximum atomic E-state index is 3.30. The summed E-state index contributed by atoms with van der Waals surface area (Å²) in [5, 5.41) is 0. The summed E-state index contributed by atoms with van der Waals surface area (Å²) in [6, 6.07) is 0. The molecule has 0 N–H and O–H groups in total. The van der Waals surface area contributed by atoms with Crippen LogP contribution in [0.3, 0.4) is 0 Å². The topological polar surface area (TPSA) is 3.24 Å². The third kappa shape index (κ3) is 9.43. The summed E-state index contributed by atoms with van der Waals surface area (Å²) in [6.07, 6.45) is 8.17. The lowest BCUT2D eigenvalue weighted by atomic mass is 9.90. The number of hydrogen-bond acceptors (Lipinski definition) is 1. The summed E-state index contributed by atoms with van der Waals surface area (Å²) in [5.74, 6) is 8.95. The first-order valence-electron chi connectivity index (χ1n) is 8.28. The summed E-state index contributed by atoms with van der Waals surface area (Å²) in [6.45, 7) is 12.8. The molecule has 1 rings (SSSR count). The van der Waals surface area contributed by atoms with Gasteiger partial charge in [0.25, 0.3) is 0 Å². The van der Waals surface area contributed by atoms with Gasteiger partial charge in [-0.25, -0.2) is 0 Å². The quantitative estimate of drug-likeness (QED) is 0.603. The molecule has 1 heterocycles. The Balaban J connectivity index is 0.00000361. The van der Waals surface area contributed by atoms with Gasteiger partial charge in [-0.05, 0) is 37.8 Å². The van der Waals surface area contributed by atoms with E-state index in [1.54, 1.807) is 0 Å². The summed E-state index contributed by atoms with van der Waals surface area (Å²) in [7, 11) is 0. The molecule has 1 nitrogen and oxygen atoms in total. The molecule has 0 saturated carbocycles. The van der Waals surface area contributed by atoms with Crippen molar-refractivity contribution in [2.75, 3.05) is 19.6 Å². The van der Waals surface area contributed by atoms with Gasteiger partial charge in [0.05, 0.1) is 0 Å². The molecule has 0 atom stereocenters. The minimum absolute atomic E-state index is 0. The Hall–Kier alpha value is -0.480. The average molecular weight is 280 g/mol. The van der Waals surface area contributed by atoms with Gasteiger partial charge in [0, 0.05) is 18.9 Å². The largest absolute Gasteiger partial charge is 0.302 e.